The summed E-state index contributed by atoms with van der Waals surface area (Å²) in [5.74, 6) is 0.270. The zero-order valence-corrected chi connectivity index (χ0v) is 20.4. The minimum absolute atomic E-state index is 0.0344. The van der Waals surface area contributed by atoms with Gasteiger partial charge in [0.25, 0.3) is 5.69 Å². The monoisotopic (exact) mass is 499 g/mol. The molecule has 0 spiro atoms. The van der Waals surface area contributed by atoms with Crippen LogP contribution in [0.25, 0.3) is 0 Å². The Hall–Kier alpha value is -2.40. The van der Waals surface area contributed by atoms with Gasteiger partial charge in [-0.15, -0.1) is 0 Å². The molecule has 1 aromatic carbocycles. The average molecular weight is 500 g/mol. The number of nitro groups is 1. The number of hydrogen-bond donors (Lipinski definition) is 1. The summed E-state index contributed by atoms with van der Waals surface area (Å²) in [6.07, 6.45) is 0.505. The van der Waals surface area contributed by atoms with E-state index in [2.05, 4.69) is 22.0 Å². The lowest BCUT2D eigenvalue weighted by Crippen LogP contribution is -2.49. The number of benzene rings is 1. The number of unbranched alkanes of at least 4 members (excludes halogenated alkanes) is 1. The summed E-state index contributed by atoms with van der Waals surface area (Å²) in [6.45, 7) is 9.22. The van der Waals surface area contributed by atoms with Gasteiger partial charge in [-0.05, 0) is 50.9 Å². The highest BCUT2D eigenvalue weighted by Crippen LogP contribution is 2.37. The first-order valence-electron chi connectivity index (χ1n) is 12.5. The molecule has 0 radical (unpaired) electrons. The Balaban J connectivity index is 1.36. The van der Waals surface area contributed by atoms with Gasteiger partial charge >= 0.3 is 6.18 Å². The number of rotatable bonds is 10. The first-order valence-corrected chi connectivity index (χ1v) is 12.5. The van der Waals surface area contributed by atoms with E-state index in [1.54, 1.807) is 0 Å². The van der Waals surface area contributed by atoms with E-state index in [0.717, 1.165) is 96.6 Å². The van der Waals surface area contributed by atoms with E-state index in [-0.39, 0.29) is 17.6 Å². The van der Waals surface area contributed by atoms with Crippen molar-refractivity contribution < 1.29 is 22.9 Å². The van der Waals surface area contributed by atoms with Gasteiger partial charge in [-0.2, -0.15) is 13.2 Å². The number of piperazine rings is 1. The van der Waals surface area contributed by atoms with Crippen molar-refractivity contribution in [3.05, 3.63) is 33.9 Å². The van der Waals surface area contributed by atoms with Crippen molar-refractivity contribution in [2.45, 2.75) is 57.7 Å². The molecular weight excluding hydrogens is 463 g/mol. The third kappa shape index (κ3) is 8.06. The zero-order chi connectivity index (χ0) is 25.4. The van der Waals surface area contributed by atoms with Crippen molar-refractivity contribution in [2.75, 3.05) is 57.7 Å². The quantitative estimate of drug-likeness (QED) is 0.384. The molecule has 3 rings (SSSR count). The van der Waals surface area contributed by atoms with Crippen LogP contribution >= 0.6 is 0 Å². The van der Waals surface area contributed by atoms with E-state index in [1.165, 1.54) is 6.07 Å². The van der Waals surface area contributed by atoms with Crippen LogP contribution in [-0.2, 0) is 11.0 Å². The number of alkyl halides is 3. The second kappa shape index (κ2) is 12.5. The highest BCUT2D eigenvalue weighted by Gasteiger charge is 2.38. The molecule has 0 saturated carbocycles. The number of nitrogens with one attached hydrogen (secondary N) is 1. The van der Waals surface area contributed by atoms with Gasteiger partial charge in [0.2, 0.25) is 5.91 Å². The number of nitro benzene ring substituents is 1. The molecule has 0 atom stereocenters. The van der Waals surface area contributed by atoms with Gasteiger partial charge in [0.15, 0.2) is 0 Å². The van der Waals surface area contributed by atoms with E-state index in [9.17, 15) is 28.1 Å². The van der Waals surface area contributed by atoms with Crippen molar-refractivity contribution in [1.82, 2.24) is 14.7 Å². The maximum absolute atomic E-state index is 13.2. The molecule has 0 bridgehead atoms. The Kier molecular flexibility index (Phi) is 9.73. The number of likely N-dealkylation sites (tertiary alicyclic amines) is 1. The van der Waals surface area contributed by atoms with Crippen molar-refractivity contribution in [1.29, 1.82) is 0 Å². The van der Waals surface area contributed by atoms with E-state index < -0.39 is 22.4 Å². The molecule has 35 heavy (non-hydrogen) atoms. The minimum Gasteiger partial charge on any atom is -0.382 e. The van der Waals surface area contributed by atoms with Crippen molar-refractivity contribution in [3.8, 4) is 0 Å². The van der Waals surface area contributed by atoms with Crippen LogP contribution in [0.4, 0.5) is 24.5 Å². The van der Waals surface area contributed by atoms with Gasteiger partial charge in [-0.25, -0.2) is 0 Å². The molecule has 2 aliphatic rings. The number of piperidine rings is 1. The third-order valence-electron chi connectivity index (χ3n) is 6.87. The third-order valence-corrected chi connectivity index (χ3v) is 6.87. The average Bonchev–Trinajstić information content (AvgIpc) is 2.83. The van der Waals surface area contributed by atoms with Gasteiger partial charge < -0.3 is 15.1 Å². The Morgan fingerprint density at radius 1 is 1.06 bits per heavy atom. The smallest absolute Gasteiger partial charge is 0.382 e. The number of halogens is 3. The summed E-state index contributed by atoms with van der Waals surface area (Å²) >= 11 is 0. The predicted molar refractivity (Wildman–Crippen MR) is 128 cm³/mol. The summed E-state index contributed by atoms with van der Waals surface area (Å²) in [5, 5.41) is 14.1. The second-order valence-corrected chi connectivity index (χ2v) is 9.43. The van der Waals surface area contributed by atoms with Crippen LogP contribution in [-0.4, -0.2) is 83.9 Å². The number of nitrogens with zero attached hydrogens (tertiary/aromatic N) is 4. The molecule has 196 valence electrons. The van der Waals surface area contributed by atoms with Crippen molar-refractivity contribution in [3.63, 3.8) is 0 Å². The van der Waals surface area contributed by atoms with Crippen LogP contribution in [0.1, 0.15) is 51.0 Å². The van der Waals surface area contributed by atoms with Crippen LogP contribution in [0.2, 0.25) is 0 Å². The van der Waals surface area contributed by atoms with Crippen LogP contribution in [0.3, 0.4) is 0 Å². The predicted octanol–water partition coefficient (Wildman–Crippen LogP) is 4.21. The summed E-state index contributed by atoms with van der Waals surface area (Å²) in [6, 6.07) is 3.13. The Morgan fingerprint density at radius 2 is 1.69 bits per heavy atom. The number of hydrogen-bond acceptors (Lipinski definition) is 6. The molecule has 2 aliphatic heterocycles. The van der Waals surface area contributed by atoms with Crippen LogP contribution in [0.5, 0.6) is 0 Å². The molecule has 1 amide bonds. The topological polar surface area (TPSA) is 82.0 Å². The number of amides is 1. The van der Waals surface area contributed by atoms with Gasteiger partial charge in [0.05, 0.1) is 4.92 Å². The number of anilines is 1. The Bertz CT molecular complexity index is 851. The van der Waals surface area contributed by atoms with Gasteiger partial charge in [-0.1, -0.05) is 13.3 Å². The van der Waals surface area contributed by atoms with Crippen molar-refractivity contribution in [2.24, 2.45) is 0 Å². The molecule has 1 N–H and O–H groups in total. The lowest BCUT2D eigenvalue weighted by Gasteiger charge is -2.36. The summed E-state index contributed by atoms with van der Waals surface area (Å²) < 4.78 is 39.6. The summed E-state index contributed by atoms with van der Waals surface area (Å²) in [5.41, 5.74) is -1.90. The maximum atomic E-state index is 13.2. The molecule has 11 heteroatoms. The number of carbonyl (C=O) groups is 1. The van der Waals surface area contributed by atoms with Gasteiger partial charge in [0.1, 0.15) is 5.56 Å². The van der Waals surface area contributed by atoms with Crippen LogP contribution < -0.4 is 5.32 Å². The van der Waals surface area contributed by atoms with E-state index in [4.69, 9.17) is 0 Å². The SMILES string of the molecule is CCCCC(=O)N1CCN(CCCN2CCC(Nc3ccc([N+](=O)[O-])c(C(F)(F)F)c3)CC2)CC1. The fourth-order valence-electron chi connectivity index (χ4n) is 4.77. The minimum atomic E-state index is -4.78. The van der Waals surface area contributed by atoms with Gasteiger partial charge in [-0.3, -0.25) is 19.8 Å². The van der Waals surface area contributed by atoms with Crippen LogP contribution in [0, 0.1) is 10.1 Å². The first kappa shape index (κ1) is 27.2. The molecule has 8 nitrogen and oxygen atoms in total. The second-order valence-electron chi connectivity index (χ2n) is 9.43. The fraction of sp³-hybridized carbons (Fsp3) is 0.708. The first-order chi connectivity index (χ1) is 16.7. The largest absolute Gasteiger partial charge is 0.423 e. The van der Waals surface area contributed by atoms with Crippen LogP contribution in [0.15, 0.2) is 18.2 Å². The van der Waals surface area contributed by atoms with E-state index >= 15 is 0 Å². The molecule has 0 aromatic heterocycles. The lowest BCUT2D eigenvalue weighted by molar-refractivity contribution is -0.388. The van der Waals surface area contributed by atoms with E-state index in [1.807, 2.05) is 4.90 Å². The lowest BCUT2D eigenvalue weighted by atomic mass is 10.0. The number of carbonyl (C=O) groups excluding carboxylic acids is 1. The molecule has 2 fully saturated rings. The highest BCUT2D eigenvalue weighted by molar-refractivity contribution is 5.76. The molecule has 0 unspecified atom stereocenters. The van der Waals surface area contributed by atoms with Crippen molar-refractivity contribution >= 4 is 17.3 Å². The zero-order valence-electron chi connectivity index (χ0n) is 20.4. The standard InChI is InChI=1S/C24H36F3N5O3/c1-2-3-5-23(33)31-16-14-30(15-17-31)11-4-10-29-12-8-19(9-13-29)28-20-6-7-22(32(34)35)21(18-20)24(25,26)27/h6-7,18-19,28H,2-5,8-17H2,1H3. The van der Waals surface area contributed by atoms with Gasteiger partial charge in [0, 0.05) is 63.5 Å². The molecule has 2 saturated heterocycles. The molecule has 2 heterocycles. The van der Waals surface area contributed by atoms with E-state index in [0.29, 0.717) is 6.42 Å². The summed E-state index contributed by atoms with van der Waals surface area (Å²) in [4.78, 5) is 28.8. The fourth-order valence-corrected chi connectivity index (χ4v) is 4.77. The molecular formula is C24H36F3N5O3. The molecule has 0 aliphatic carbocycles. The molecule has 1 aromatic rings. The Labute approximate surface area is 204 Å². The maximum Gasteiger partial charge on any atom is 0.423 e. The highest BCUT2D eigenvalue weighted by atomic mass is 19.4. The Morgan fingerprint density at radius 3 is 2.26 bits per heavy atom. The summed E-state index contributed by atoms with van der Waals surface area (Å²) in [7, 11) is 0. The normalized spacial score (nSPS) is 18.6.